The minimum atomic E-state index is -4.41. The Balaban J connectivity index is 0.000000791. The number of primary amides is 1. The van der Waals surface area contributed by atoms with Crippen molar-refractivity contribution >= 4 is 5.91 Å². The van der Waals surface area contributed by atoms with Crippen LogP contribution in [0.2, 0.25) is 0 Å². The predicted molar refractivity (Wildman–Crippen MR) is 47.4 cm³/mol. The molecule has 1 fully saturated rings. The van der Waals surface area contributed by atoms with Crippen LogP contribution in [-0.2, 0) is 4.79 Å². The molecule has 1 saturated carbocycles. The monoisotopic (exact) mass is 209 g/mol. The van der Waals surface area contributed by atoms with Crippen molar-refractivity contribution in [3.8, 4) is 0 Å². The van der Waals surface area contributed by atoms with Gasteiger partial charge >= 0.3 is 6.18 Å². The number of hydrogen-bond donors (Lipinski definition) is 1. The van der Waals surface area contributed by atoms with Gasteiger partial charge < -0.3 is 5.73 Å². The van der Waals surface area contributed by atoms with Crippen molar-refractivity contribution in [2.45, 2.75) is 32.9 Å². The molecular formula is C9H14F3NO. The minimum Gasteiger partial charge on any atom is -0.366 e. The van der Waals surface area contributed by atoms with Gasteiger partial charge in [-0.15, -0.1) is 0 Å². The fourth-order valence-electron chi connectivity index (χ4n) is 0.979. The van der Waals surface area contributed by atoms with E-state index in [1.54, 1.807) is 0 Å². The highest BCUT2D eigenvalue weighted by molar-refractivity contribution is 5.86. The maximum Gasteiger partial charge on any atom is 0.413 e. The Morgan fingerprint density at radius 1 is 1.36 bits per heavy atom. The lowest BCUT2D eigenvalue weighted by atomic mass is 10.1. The third kappa shape index (κ3) is 4.30. The number of halogens is 3. The number of amides is 1. The zero-order chi connectivity index (χ0) is 11.4. The average Bonchev–Trinajstić information content (AvgIpc) is 2.84. The Kier molecular flexibility index (Phi) is 4.67. The van der Waals surface area contributed by atoms with Crippen LogP contribution >= 0.6 is 0 Å². The third-order valence-corrected chi connectivity index (χ3v) is 1.64. The molecule has 1 rings (SSSR count). The van der Waals surface area contributed by atoms with E-state index in [1.807, 2.05) is 13.8 Å². The maximum absolute atomic E-state index is 12.1. The molecule has 0 heterocycles. The molecule has 5 heteroatoms. The Labute approximate surface area is 81.0 Å². The van der Waals surface area contributed by atoms with Crippen LogP contribution in [0.25, 0.3) is 0 Å². The SMILES string of the molecule is CC.NC(=O)/C=C(\C1CC1)C(F)(F)F. The van der Waals surface area contributed by atoms with Gasteiger partial charge in [0.2, 0.25) is 5.91 Å². The molecule has 2 nitrogen and oxygen atoms in total. The number of rotatable bonds is 2. The Hall–Kier alpha value is -1.00. The molecule has 0 spiro atoms. The summed E-state index contributed by atoms with van der Waals surface area (Å²) in [6.45, 7) is 4.00. The van der Waals surface area contributed by atoms with E-state index in [-0.39, 0.29) is 0 Å². The van der Waals surface area contributed by atoms with Crippen LogP contribution in [0.5, 0.6) is 0 Å². The van der Waals surface area contributed by atoms with Gasteiger partial charge in [0.25, 0.3) is 0 Å². The van der Waals surface area contributed by atoms with E-state index in [0.29, 0.717) is 18.9 Å². The lowest BCUT2D eigenvalue weighted by Gasteiger charge is -2.08. The molecule has 14 heavy (non-hydrogen) atoms. The van der Waals surface area contributed by atoms with E-state index >= 15 is 0 Å². The second-order valence-corrected chi connectivity index (χ2v) is 2.77. The van der Waals surface area contributed by atoms with E-state index in [0.717, 1.165) is 0 Å². The average molecular weight is 209 g/mol. The van der Waals surface area contributed by atoms with E-state index < -0.39 is 23.6 Å². The molecule has 2 N–H and O–H groups in total. The number of carbonyl (C=O) groups excluding carboxylic acids is 1. The highest BCUT2D eigenvalue weighted by Gasteiger charge is 2.43. The van der Waals surface area contributed by atoms with Crippen LogP contribution in [0.1, 0.15) is 26.7 Å². The van der Waals surface area contributed by atoms with E-state index in [4.69, 9.17) is 0 Å². The van der Waals surface area contributed by atoms with E-state index in [2.05, 4.69) is 5.73 Å². The number of allylic oxidation sites excluding steroid dienone is 1. The first kappa shape index (κ1) is 13.0. The second kappa shape index (κ2) is 5.02. The van der Waals surface area contributed by atoms with Crippen LogP contribution < -0.4 is 5.73 Å². The second-order valence-electron chi connectivity index (χ2n) is 2.77. The van der Waals surface area contributed by atoms with E-state index in [9.17, 15) is 18.0 Å². The van der Waals surface area contributed by atoms with Crippen molar-refractivity contribution < 1.29 is 18.0 Å². The van der Waals surface area contributed by atoms with Crippen molar-refractivity contribution in [1.29, 1.82) is 0 Å². The first-order chi connectivity index (χ1) is 6.41. The minimum absolute atomic E-state index is 0.484. The molecule has 0 bridgehead atoms. The van der Waals surface area contributed by atoms with Gasteiger partial charge in [-0.3, -0.25) is 4.79 Å². The zero-order valence-corrected chi connectivity index (χ0v) is 8.19. The van der Waals surface area contributed by atoms with Crippen LogP contribution in [0.4, 0.5) is 13.2 Å². The number of nitrogens with two attached hydrogens (primary N) is 1. The molecule has 0 radical (unpaired) electrons. The Morgan fingerprint density at radius 3 is 2.00 bits per heavy atom. The summed E-state index contributed by atoms with van der Waals surface area (Å²) in [4.78, 5) is 10.2. The number of hydrogen-bond acceptors (Lipinski definition) is 1. The molecule has 0 saturated heterocycles. The molecule has 1 aliphatic carbocycles. The number of alkyl halides is 3. The summed E-state index contributed by atoms with van der Waals surface area (Å²) in [5.41, 5.74) is 3.86. The molecule has 0 aromatic heterocycles. The predicted octanol–water partition coefficient (Wildman–Crippen LogP) is 2.40. The summed E-state index contributed by atoms with van der Waals surface area (Å²) in [6, 6.07) is 0. The van der Waals surface area contributed by atoms with E-state index in [1.165, 1.54) is 0 Å². The summed E-state index contributed by atoms with van der Waals surface area (Å²) >= 11 is 0. The quantitative estimate of drug-likeness (QED) is 0.697. The van der Waals surface area contributed by atoms with Gasteiger partial charge in [-0.25, -0.2) is 0 Å². The molecule has 82 valence electrons. The van der Waals surface area contributed by atoms with Crippen molar-refractivity contribution in [2.75, 3.05) is 0 Å². The molecule has 0 aromatic rings. The van der Waals surface area contributed by atoms with Crippen molar-refractivity contribution in [1.82, 2.24) is 0 Å². The summed E-state index contributed by atoms with van der Waals surface area (Å²) in [5.74, 6) is -1.54. The van der Waals surface area contributed by atoms with Gasteiger partial charge in [0, 0.05) is 11.6 Å². The summed E-state index contributed by atoms with van der Waals surface area (Å²) in [6.07, 6.45) is -2.93. The Morgan fingerprint density at radius 2 is 1.79 bits per heavy atom. The van der Waals surface area contributed by atoms with Crippen molar-refractivity contribution in [2.24, 2.45) is 11.7 Å². The molecule has 0 atom stereocenters. The molecule has 0 aromatic carbocycles. The summed E-state index contributed by atoms with van der Waals surface area (Å²) in [5, 5.41) is 0. The van der Waals surface area contributed by atoms with Gasteiger partial charge in [-0.05, 0) is 18.8 Å². The van der Waals surface area contributed by atoms with Crippen molar-refractivity contribution in [3.05, 3.63) is 11.6 Å². The van der Waals surface area contributed by atoms with Crippen LogP contribution in [-0.4, -0.2) is 12.1 Å². The largest absolute Gasteiger partial charge is 0.413 e. The first-order valence-corrected chi connectivity index (χ1v) is 4.49. The topological polar surface area (TPSA) is 43.1 Å². The fourth-order valence-corrected chi connectivity index (χ4v) is 0.979. The smallest absolute Gasteiger partial charge is 0.366 e. The standard InChI is InChI=1S/C7H8F3NO.C2H6/c8-7(9,10)5(3-6(11)12)4-1-2-4;1-2/h3-4H,1-2H2,(H2,11,12);1-2H3/b5-3+;. The highest BCUT2D eigenvalue weighted by atomic mass is 19.4. The van der Waals surface area contributed by atoms with Gasteiger partial charge in [0.15, 0.2) is 0 Å². The molecule has 0 aliphatic heterocycles. The molecular weight excluding hydrogens is 195 g/mol. The summed E-state index contributed by atoms with van der Waals surface area (Å²) in [7, 11) is 0. The Bertz CT molecular complexity index is 229. The first-order valence-electron chi connectivity index (χ1n) is 4.49. The molecule has 1 aliphatic rings. The number of carbonyl (C=O) groups is 1. The maximum atomic E-state index is 12.1. The lowest BCUT2D eigenvalue weighted by molar-refractivity contribution is -0.115. The van der Waals surface area contributed by atoms with Gasteiger partial charge in [0.05, 0.1) is 0 Å². The summed E-state index contributed by atoms with van der Waals surface area (Å²) < 4.78 is 36.3. The lowest BCUT2D eigenvalue weighted by Crippen LogP contribution is -2.18. The van der Waals surface area contributed by atoms with Gasteiger partial charge in [0.1, 0.15) is 0 Å². The normalized spacial score (nSPS) is 17.1. The van der Waals surface area contributed by atoms with Crippen LogP contribution in [0.3, 0.4) is 0 Å². The fraction of sp³-hybridized carbons (Fsp3) is 0.667. The third-order valence-electron chi connectivity index (χ3n) is 1.64. The van der Waals surface area contributed by atoms with Crippen LogP contribution in [0, 0.1) is 5.92 Å². The molecule has 1 amide bonds. The van der Waals surface area contributed by atoms with Gasteiger partial charge in [-0.1, -0.05) is 13.8 Å². The van der Waals surface area contributed by atoms with Crippen molar-refractivity contribution in [3.63, 3.8) is 0 Å². The highest BCUT2D eigenvalue weighted by Crippen LogP contribution is 2.44. The van der Waals surface area contributed by atoms with Gasteiger partial charge in [-0.2, -0.15) is 13.2 Å². The molecule has 0 unspecified atom stereocenters. The zero-order valence-electron chi connectivity index (χ0n) is 8.19. The van der Waals surface area contributed by atoms with Crippen LogP contribution in [0.15, 0.2) is 11.6 Å².